The van der Waals surface area contributed by atoms with Gasteiger partial charge in [0.2, 0.25) is 0 Å². The van der Waals surface area contributed by atoms with E-state index in [2.05, 4.69) is 5.32 Å². The van der Waals surface area contributed by atoms with Gasteiger partial charge in [-0.05, 0) is 43.2 Å². The predicted octanol–water partition coefficient (Wildman–Crippen LogP) is 4.28. The Morgan fingerprint density at radius 3 is 2.75 bits per heavy atom. The fraction of sp³-hybridized carbons (Fsp3) is 0.273. The van der Waals surface area contributed by atoms with Crippen LogP contribution in [0.2, 0.25) is 5.02 Å². The molecule has 0 spiro atoms. The molecule has 1 saturated heterocycles. The summed E-state index contributed by atoms with van der Waals surface area (Å²) in [6, 6.07) is 14.6. The largest absolute Gasteiger partial charge is 0.464 e. The van der Waals surface area contributed by atoms with E-state index in [0.29, 0.717) is 31.0 Å². The summed E-state index contributed by atoms with van der Waals surface area (Å²) in [5.41, 5.74) is 4.21. The standard InChI is InChI=1S/C22H21ClN2O3/c1-2-28-22(27)20-13-18(16-9-8-14(23)12-19(16)24-20)17-10-11-25(21(17)26)15-6-4-3-5-7-15/h3-9,12,20,24H,2,10-11,13H2,1H3/t20-/m1/s1. The van der Waals surface area contributed by atoms with Gasteiger partial charge in [0, 0.05) is 40.5 Å². The van der Waals surface area contributed by atoms with Crippen molar-refractivity contribution in [2.45, 2.75) is 25.8 Å². The van der Waals surface area contributed by atoms with Crippen molar-refractivity contribution in [3.63, 3.8) is 0 Å². The molecule has 28 heavy (non-hydrogen) atoms. The van der Waals surface area contributed by atoms with Gasteiger partial charge in [-0.3, -0.25) is 4.79 Å². The van der Waals surface area contributed by atoms with E-state index in [1.54, 1.807) is 17.9 Å². The number of hydrogen-bond acceptors (Lipinski definition) is 4. The molecule has 0 saturated carbocycles. The molecule has 2 heterocycles. The van der Waals surface area contributed by atoms with Crippen LogP contribution >= 0.6 is 11.6 Å². The molecule has 1 atom stereocenters. The molecule has 0 aliphatic carbocycles. The Morgan fingerprint density at radius 1 is 1.21 bits per heavy atom. The number of amides is 1. The van der Waals surface area contributed by atoms with E-state index in [-0.39, 0.29) is 11.9 Å². The summed E-state index contributed by atoms with van der Waals surface area (Å²) < 4.78 is 5.20. The highest BCUT2D eigenvalue weighted by Gasteiger charge is 2.35. The van der Waals surface area contributed by atoms with E-state index in [4.69, 9.17) is 16.3 Å². The zero-order chi connectivity index (χ0) is 19.7. The second-order valence-electron chi connectivity index (χ2n) is 6.84. The number of carbonyl (C=O) groups is 2. The minimum Gasteiger partial charge on any atom is -0.464 e. The number of carbonyl (C=O) groups excluding carboxylic acids is 2. The van der Waals surface area contributed by atoms with E-state index in [1.807, 2.05) is 42.5 Å². The van der Waals surface area contributed by atoms with Gasteiger partial charge in [0.15, 0.2) is 0 Å². The van der Waals surface area contributed by atoms with Crippen molar-refractivity contribution in [1.82, 2.24) is 0 Å². The molecule has 0 aromatic heterocycles. The van der Waals surface area contributed by atoms with Crippen LogP contribution in [0.25, 0.3) is 5.57 Å². The second kappa shape index (κ2) is 7.68. The van der Waals surface area contributed by atoms with Crippen LogP contribution < -0.4 is 10.2 Å². The van der Waals surface area contributed by atoms with Crippen molar-refractivity contribution in [3.05, 3.63) is 64.7 Å². The topological polar surface area (TPSA) is 58.6 Å². The number of para-hydroxylation sites is 1. The third-order valence-electron chi connectivity index (χ3n) is 5.14. The average molecular weight is 397 g/mol. The summed E-state index contributed by atoms with van der Waals surface area (Å²) in [4.78, 5) is 27.4. The van der Waals surface area contributed by atoms with E-state index in [9.17, 15) is 9.59 Å². The van der Waals surface area contributed by atoms with Gasteiger partial charge in [0.05, 0.1) is 6.61 Å². The summed E-state index contributed by atoms with van der Waals surface area (Å²) in [5, 5.41) is 3.79. The van der Waals surface area contributed by atoms with Gasteiger partial charge in [0.25, 0.3) is 5.91 Å². The van der Waals surface area contributed by atoms with E-state index >= 15 is 0 Å². The zero-order valence-electron chi connectivity index (χ0n) is 15.6. The molecular formula is C22H21ClN2O3. The molecular weight excluding hydrogens is 376 g/mol. The number of nitrogens with zero attached hydrogens (tertiary/aromatic N) is 1. The lowest BCUT2D eigenvalue weighted by molar-refractivity contribution is -0.144. The van der Waals surface area contributed by atoms with Gasteiger partial charge < -0.3 is 15.0 Å². The summed E-state index contributed by atoms with van der Waals surface area (Å²) in [6.45, 7) is 2.72. The molecule has 2 aliphatic rings. The first-order chi connectivity index (χ1) is 13.6. The normalized spacial score (nSPS) is 21.3. The molecule has 0 unspecified atom stereocenters. The first kappa shape index (κ1) is 18.6. The van der Waals surface area contributed by atoms with E-state index in [1.165, 1.54) is 0 Å². The quantitative estimate of drug-likeness (QED) is 0.621. The van der Waals surface area contributed by atoms with Crippen LogP contribution in [0.3, 0.4) is 0 Å². The van der Waals surface area contributed by atoms with Crippen LogP contribution in [0.4, 0.5) is 11.4 Å². The lowest BCUT2D eigenvalue weighted by Crippen LogP contribution is -2.35. The van der Waals surface area contributed by atoms with Crippen LogP contribution in [-0.4, -0.2) is 31.1 Å². The van der Waals surface area contributed by atoms with Gasteiger partial charge in [-0.25, -0.2) is 4.79 Å². The number of anilines is 2. The van der Waals surface area contributed by atoms with Crippen molar-refractivity contribution >= 4 is 40.4 Å². The maximum atomic E-state index is 13.2. The minimum absolute atomic E-state index is 0.00777. The maximum absolute atomic E-state index is 13.2. The number of rotatable bonds is 3. The monoisotopic (exact) mass is 396 g/mol. The Kier molecular flexibility index (Phi) is 5.09. The third kappa shape index (κ3) is 3.38. The number of benzene rings is 2. The van der Waals surface area contributed by atoms with Gasteiger partial charge in [-0.2, -0.15) is 0 Å². The molecule has 144 valence electrons. The highest BCUT2D eigenvalue weighted by Crippen LogP contribution is 2.40. The molecule has 2 aromatic carbocycles. The van der Waals surface area contributed by atoms with Crippen molar-refractivity contribution in [1.29, 1.82) is 0 Å². The molecule has 4 rings (SSSR count). The Bertz CT molecular complexity index is 956. The molecule has 2 aromatic rings. The molecule has 1 amide bonds. The number of fused-ring (bicyclic) bond motifs is 1. The highest BCUT2D eigenvalue weighted by atomic mass is 35.5. The lowest BCUT2D eigenvalue weighted by atomic mass is 9.88. The summed E-state index contributed by atoms with van der Waals surface area (Å²) in [5.74, 6) is -0.330. The SMILES string of the molecule is CCOC(=O)[C@H]1CC(=C2CCN(c3ccccc3)C2=O)c2ccc(Cl)cc2N1. The molecule has 1 N–H and O–H groups in total. The van der Waals surface area contributed by atoms with Gasteiger partial charge in [-0.1, -0.05) is 35.9 Å². The highest BCUT2D eigenvalue weighted by molar-refractivity contribution is 6.31. The van der Waals surface area contributed by atoms with Crippen molar-refractivity contribution in [2.24, 2.45) is 0 Å². The van der Waals surface area contributed by atoms with Crippen LogP contribution in [-0.2, 0) is 14.3 Å². The van der Waals surface area contributed by atoms with Gasteiger partial charge >= 0.3 is 5.97 Å². The fourth-order valence-electron chi connectivity index (χ4n) is 3.85. The van der Waals surface area contributed by atoms with Crippen molar-refractivity contribution < 1.29 is 14.3 Å². The van der Waals surface area contributed by atoms with Gasteiger partial charge in [-0.15, -0.1) is 0 Å². The predicted molar refractivity (Wildman–Crippen MR) is 110 cm³/mol. The Labute approximate surface area is 168 Å². The molecule has 2 aliphatic heterocycles. The molecule has 5 nitrogen and oxygen atoms in total. The average Bonchev–Trinajstić information content (AvgIpc) is 3.09. The lowest BCUT2D eigenvalue weighted by Gasteiger charge is -2.29. The smallest absolute Gasteiger partial charge is 0.328 e. The van der Waals surface area contributed by atoms with E-state index in [0.717, 1.165) is 28.1 Å². The summed E-state index contributed by atoms with van der Waals surface area (Å²) >= 11 is 6.16. The summed E-state index contributed by atoms with van der Waals surface area (Å²) in [6.07, 6.45) is 1.05. The van der Waals surface area contributed by atoms with Crippen LogP contribution in [0.15, 0.2) is 54.1 Å². The van der Waals surface area contributed by atoms with Gasteiger partial charge in [0.1, 0.15) is 6.04 Å². The molecule has 0 radical (unpaired) electrons. The number of halogens is 1. The Balaban J connectivity index is 1.75. The van der Waals surface area contributed by atoms with Crippen molar-refractivity contribution in [2.75, 3.05) is 23.4 Å². The third-order valence-corrected chi connectivity index (χ3v) is 5.37. The maximum Gasteiger partial charge on any atom is 0.328 e. The molecule has 0 bridgehead atoms. The van der Waals surface area contributed by atoms with Crippen LogP contribution in [0.1, 0.15) is 25.3 Å². The summed E-state index contributed by atoms with van der Waals surface area (Å²) in [7, 11) is 0. The number of nitrogens with one attached hydrogen (secondary N) is 1. The first-order valence-corrected chi connectivity index (χ1v) is 9.78. The number of esters is 1. The Morgan fingerprint density at radius 2 is 2.00 bits per heavy atom. The number of hydrogen-bond donors (Lipinski definition) is 1. The van der Waals surface area contributed by atoms with Crippen molar-refractivity contribution in [3.8, 4) is 0 Å². The first-order valence-electron chi connectivity index (χ1n) is 9.40. The zero-order valence-corrected chi connectivity index (χ0v) is 16.3. The van der Waals surface area contributed by atoms with Crippen LogP contribution in [0, 0.1) is 0 Å². The van der Waals surface area contributed by atoms with E-state index < -0.39 is 6.04 Å². The second-order valence-corrected chi connectivity index (χ2v) is 7.28. The Hall–Kier alpha value is -2.79. The fourth-order valence-corrected chi connectivity index (χ4v) is 4.02. The van der Waals surface area contributed by atoms with Crippen LogP contribution in [0.5, 0.6) is 0 Å². The minimum atomic E-state index is -0.535. The molecule has 6 heteroatoms. The number of ether oxygens (including phenoxy) is 1. The molecule has 1 fully saturated rings.